The second-order valence-corrected chi connectivity index (χ2v) is 1.45. The molecule has 5 heteroatoms. The number of nitrogens with one attached hydrogen (secondary N) is 2. The van der Waals surface area contributed by atoms with Gasteiger partial charge in [-0.15, -0.1) is 0 Å². The fraction of sp³-hybridized carbons (Fsp3) is 0.667. The van der Waals surface area contributed by atoms with Crippen LogP contribution in [0, 0.1) is 0 Å². The van der Waals surface area contributed by atoms with Crippen LogP contribution in [0.1, 0.15) is 0 Å². The average Bonchev–Trinajstić information content (AvgIpc) is 1.65. The maximum Gasteiger partial charge on any atom is 0.352 e. The van der Waals surface area contributed by atoms with Crippen LogP contribution in [0.2, 0.25) is 0 Å². The smallest absolute Gasteiger partial charge is 0.287 e. The van der Waals surface area contributed by atoms with Crippen molar-refractivity contribution in [1.82, 2.24) is 15.9 Å². The first-order valence-electron chi connectivity index (χ1n) is 2.05. The molecule has 0 aliphatic carbocycles. The molecule has 0 saturated carbocycles. The zero-order valence-corrected chi connectivity index (χ0v) is 4.80. The van der Waals surface area contributed by atoms with Gasteiger partial charge in [0.25, 0.3) is 0 Å². The topological polar surface area (TPSA) is 64.6 Å². The summed E-state index contributed by atoms with van der Waals surface area (Å²) in [5.41, 5.74) is 3.63. The Balaban J connectivity index is 3.25. The molecule has 0 unspecified atom stereocenters. The molecule has 5 nitrogen and oxygen atoms in total. The van der Waals surface area contributed by atoms with Crippen molar-refractivity contribution in [2.75, 3.05) is 14.1 Å². The lowest BCUT2D eigenvalue weighted by Gasteiger charge is -2.09. The number of hydroxylamine groups is 1. The highest BCUT2D eigenvalue weighted by Gasteiger charge is 1.94. The van der Waals surface area contributed by atoms with Crippen molar-refractivity contribution < 1.29 is 10.0 Å². The highest BCUT2D eigenvalue weighted by atomic mass is 16.5. The van der Waals surface area contributed by atoms with Gasteiger partial charge in [-0.1, -0.05) is 0 Å². The number of rotatable bonds is 1. The lowest BCUT2D eigenvalue weighted by atomic mass is 11.0. The third kappa shape index (κ3) is 3.38. The molecule has 0 aromatic rings. The van der Waals surface area contributed by atoms with E-state index in [1.54, 1.807) is 14.1 Å². The summed E-state index contributed by atoms with van der Waals surface area (Å²) in [5.74, 6) is 0. The average molecular weight is 119 g/mol. The minimum Gasteiger partial charge on any atom is -0.287 e. The first-order chi connectivity index (χ1) is 3.66. The largest absolute Gasteiger partial charge is 0.352 e. The number of carbonyl (C=O) groups is 1. The van der Waals surface area contributed by atoms with Crippen molar-refractivity contribution in [2.45, 2.75) is 0 Å². The summed E-state index contributed by atoms with van der Waals surface area (Å²) in [7, 11) is 3.27. The van der Waals surface area contributed by atoms with Crippen LogP contribution >= 0.6 is 0 Å². The molecule has 0 bridgehead atoms. The van der Waals surface area contributed by atoms with Crippen LogP contribution < -0.4 is 10.9 Å². The van der Waals surface area contributed by atoms with E-state index in [1.165, 1.54) is 10.5 Å². The predicted octanol–water partition coefficient (Wildman–Crippen LogP) is -0.849. The molecule has 0 spiro atoms. The summed E-state index contributed by atoms with van der Waals surface area (Å²) in [6.45, 7) is 0. The minimum atomic E-state index is -0.644. The van der Waals surface area contributed by atoms with Gasteiger partial charge in [-0.25, -0.2) is 15.3 Å². The molecule has 2 amide bonds. The number of carbonyl (C=O) groups excluding carboxylic acids is 1. The Kier molecular flexibility index (Phi) is 2.90. The first-order valence-corrected chi connectivity index (χ1v) is 2.05. The highest BCUT2D eigenvalue weighted by molar-refractivity contribution is 5.71. The number of hydrogen-bond donors (Lipinski definition) is 3. The molecule has 0 aromatic heterocycles. The van der Waals surface area contributed by atoms with Gasteiger partial charge < -0.3 is 0 Å². The monoisotopic (exact) mass is 119 g/mol. The Bertz CT molecular complexity index is 82.6. The zero-order valence-electron chi connectivity index (χ0n) is 4.80. The summed E-state index contributed by atoms with van der Waals surface area (Å²) in [5, 5.41) is 9.30. The number of amides is 2. The molecule has 0 rings (SSSR count). The molecule has 0 heterocycles. The zero-order chi connectivity index (χ0) is 6.57. The quantitative estimate of drug-likeness (QED) is 0.311. The molecule has 8 heavy (non-hydrogen) atoms. The Morgan fingerprint density at radius 3 is 2.25 bits per heavy atom. The van der Waals surface area contributed by atoms with Crippen LogP contribution in [0.5, 0.6) is 0 Å². The van der Waals surface area contributed by atoms with Gasteiger partial charge in [0.1, 0.15) is 0 Å². The summed E-state index contributed by atoms with van der Waals surface area (Å²) in [4.78, 5) is 10.1. The lowest BCUT2D eigenvalue weighted by Crippen LogP contribution is -2.41. The molecule has 0 saturated heterocycles. The summed E-state index contributed by atoms with van der Waals surface area (Å²) >= 11 is 0. The van der Waals surface area contributed by atoms with Crippen LogP contribution in [0.3, 0.4) is 0 Å². The second kappa shape index (κ2) is 3.23. The van der Waals surface area contributed by atoms with E-state index in [-0.39, 0.29) is 0 Å². The molecule has 0 atom stereocenters. The van der Waals surface area contributed by atoms with E-state index in [1.807, 2.05) is 0 Å². The van der Waals surface area contributed by atoms with Gasteiger partial charge >= 0.3 is 6.03 Å². The van der Waals surface area contributed by atoms with E-state index in [0.717, 1.165) is 0 Å². The molecule has 0 radical (unpaired) electrons. The number of hydrazine groups is 1. The summed E-state index contributed by atoms with van der Waals surface area (Å²) in [6, 6.07) is -0.644. The molecule has 0 fully saturated rings. The van der Waals surface area contributed by atoms with Crippen molar-refractivity contribution in [2.24, 2.45) is 0 Å². The minimum absolute atomic E-state index is 0.644. The van der Waals surface area contributed by atoms with E-state index in [2.05, 4.69) is 5.43 Å². The fourth-order valence-electron chi connectivity index (χ4n) is 0.228. The molecule has 48 valence electrons. The van der Waals surface area contributed by atoms with Crippen molar-refractivity contribution >= 4 is 6.03 Å². The van der Waals surface area contributed by atoms with Gasteiger partial charge in [0, 0.05) is 14.1 Å². The number of nitrogens with zero attached hydrogens (tertiary/aromatic N) is 1. The Morgan fingerprint density at radius 2 is 2.12 bits per heavy atom. The Morgan fingerprint density at radius 1 is 1.62 bits per heavy atom. The summed E-state index contributed by atoms with van der Waals surface area (Å²) in [6.07, 6.45) is 0. The first kappa shape index (κ1) is 7.19. The van der Waals surface area contributed by atoms with Crippen molar-refractivity contribution in [3.8, 4) is 0 Å². The van der Waals surface area contributed by atoms with Crippen molar-refractivity contribution in [3.05, 3.63) is 0 Å². The number of urea groups is 1. The van der Waals surface area contributed by atoms with Crippen LogP contribution in [-0.4, -0.2) is 30.3 Å². The van der Waals surface area contributed by atoms with E-state index in [9.17, 15) is 4.79 Å². The Labute approximate surface area is 47.2 Å². The molecule has 3 N–H and O–H groups in total. The van der Waals surface area contributed by atoms with Crippen LogP contribution in [0.25, 0.3) is 0 Å². The fourth-order valence-corrected chi connectivity index (χ4v) is 0.228. The lowest BCUT2D eigenvalue weighted by molar-refractivity contribution is 0.143. The number of hydrogen-bond acceptors (Lipinski definition) is 3. The summed E-state index contributed by atoms with van der Waals surface area (Å²) < 4.78 is 0. The van der Waals surface area contributed by atoms with Gasteiger partial charge in [0.2, 0.25) is 0 Å². The van der Waals surface area contributed by atoms with E-state index < -0.39 is 6.03 Å². The van der Waals surface area contributed by atoms with E-state index in [4.69, 9.17) is 5.21 Å². The molecule has 0 aliphatic heterocycles. The SMILES string of the molecule is CN(C)NC(=O)NO. The van der Waals surface area contributed by atoms with Gasteiger partial charge in [-0.2, -0.15) is 0 Å². The van der Waals surface area contributed by atoms with Crippen LogP contribution in [-0.2, 0) is 0 Å². The third-order valence-corrected chi connectivity index (χ3v) is 0.427. The molecular formula is C3H9N3O2. The maximum absolute atomic E-state index is 10.1. The van der Waals surface area contributed by atoms with Gasteiger partial charge in [-0.3, -0.25) is 10.6 Å². The van der Waals surface area contributed by atoms with Gasteiger partial charge in [0.05, 0.1) is 0 Å². The van der Waals surface area contributed by atoms with Crippen LogP contribution in [0.4, 0.5) is 4.79 Å². The molecule has 0 aromatic carbocycles. The maximum atomic E-state index is 10.1. The predicted molar refractivity (Wildman–Crippen MR) is 27.1 cm³/mol. The highest BCUT2D eigenvalue weighted by Crippen LogP contribution is 1.62. The third-order valence-electron chi connectivity index (χ3n) is 0.427. The molecular weight excluding hydrogens is 110 g/mol. The van der Waals surface area contributed by atoms with E-state index in [0.29, 0.717) is 0 Å². The van der Waals surface area contributed by atoms with Crippen molar-refractivity contribution in [1.29, 1.82) is 0 Å². The second-order valence-electron chi connectivity index (χ2n) is 1.45. The Hall–Kier alpha value is -0.810. The standard InChI is InChI=1S/C3H9N3O2/c1-6(2)4-3(7)5-8/h8H,1-2H3,(H2,4,5,7). The van der Waals surface area contributed by atoms with Gasteiger partial charge in [-0.05, 0) is 0 Å². The normalized spacial score (nSPS) is 9.00. The van der Waals surface area contributed by atoms with Crippen LogP contribution in [0.15, 0.2) is 0 Å². The van der Waals surface area contributed by atoms with Crippen molar-refractivity contribution in [3.63, 3.8) is 0 Å². The van der Waals surface area contributed by atoms with E-state index >= 15 is 0 Å². The van der Waals surface area contributed by atoms with Gasteiger partial charge in [0.15, 0.2) is 0 Å². The molecule has 0 aliphatic rings.